The summed E-state index contributed by atoms with van der Waals surface area (Å²) in [5.74, 6) is -1.24. The van der Waals surface area contributed by atoms with E-state index in [0.29, 0.717) is 10.6 Å². The van der Waals surface area contributed by atoms with Gasteiger partial charge in [0, 0.05) is 5.02 Å². The Morgan fingerprint density at radius 1 is 1.40 bits per heavy atom. The molecule has 0 spiro atoms. The Bertz CT molecular complexity index is 581. The molecule has 1 aliphatic rings. The van der Waals surface area contributed by atoms with Crippen LogP contribution in [0.25, 0.3) is 0 Å². The number of ether oxygens (including phenoxy) is 2. The molecular formula is C13H12ClNO5. The first-order valence-electron chi connectivity index (χ1n) is 5.80. The second-order valence-corrected chi connectivity index (χ2v) is 4.72. The highest BCUT2D eigenvalue weighted by Crippen LogP contribution is 2.40. The summed E-state index contributed by atoms with van der Waals surface area (Å²) < 4.78 is 9.88. The minimum absolute atomic E-state index is 0.163. The molecule has 1 aliphatic heterocycles. The first-order chi connectivity index (χ1) is 9.45. The van der Waals surface area contributed by atoms with Gasteiger partial charge in [-0.25, -0.2) is 4.79 Å². The molecule has 2 rings (SSSR count). The molecule has 6 nitrogen and oxygen atoms in total. The molecule has 1 aromatic carbocycles. The molecule has 0 aromatic heterocycles. The van der Waals surface area contributed by atoms with Crippen LogP contribution in [0.3, 0.4) is 0 Å². The molecule has 0 saturated carbocycles. The summed E-state index contributed by atoms with van der Waals surface area (Å²) >= 11 is 5.80. The van der Waals surface area contributed by atoms with Crippen molar-refractivity contribution in [2.75, 3.05) is 7.11 Å². The smallest absolute Gasteiger partial charge is 0.364 e. The lowest BCUT2D eigenvalue weighted by Gasteiger charge is -2.14. The number of halogens is 1. The highest BCUT2D eigenvalue weighted by atomic mass is 35.5. The van der Waals surface area contributed by atoms with Crippen molar-refractivity contribution in [3.05, 3.63) is 56.3 Å². The maximum atomic E-state index is 11.8. The van der Waals surface area contributed by atoms with Gasteiger partial charge in [-0.15, -0.1) is 0 Å². The minimum atomic E-state index is -1.34. The molecule has 0 amide bonds. The van der Waals surface area contributed by atoms with Crippen LogP contribution in [0.4, 0.5) is 0 Å². The number of rotatable bonds is 3. The number of hydrogen-bond donors (Lipinski definition) is 0. The zero-order chi connectivity index (χ0) is 14.9. The lowest BCUT2D eigenvalue weighted by atomic mass is 9.90. The summed E-state index contributed by atoms with van der Waals surface area (Å²) in [6.45, 7) is 1.51. The van der Waals surface area contributed by atoms with Gasteiger partial charge >= 0.3 is 12.2 Å². The van der Waals surface area contributed by atoms with E-state index in [0.717, 1.165) is 0 Å². The van der Waals surface area contributed by atoms with E-state index < -0.39 is 23.0 Å². The Hall–Kier alpha value is -2.08. The summed E-state index contributed by atoms with van der Waals surface area (Å²) in [5, 5.41) is 11.6. The first kappa shape index (κ1) is 14.3. The van der Waals surface area contributed by atoms with Gasteiger partial charge in [-0.3, -0.25) is 10.1 Å². The Kier molecular flexibility index (Phi) is 3.94. The molecule has 20 heavy (non-hydrogen) atoms. The molecular weight excluding hydrogens is 286 g/mol. The number of nitrogens with zero attached hydrogens (tertiary/aromatic N) is 1. The second-order valence-electron chi connectivity index (χ2n) is 4.28. The van der Waals surface area contributed by atoms with E-state index in [1.54, 1.807) is 24.3 Å². The third-order valence-electron chi connectivity index (χ3n) is 3.12. The third-order valence-corrected chi connectivity index (χ3v) is 3.37. The van der Waals surface area contributed by atoms with E-state index in [4.69, 9.17) is 16.3 Å². The number of nitro groups is 1. The molecule has 1 heterocycles. The molecule has 0 radical (unpaired) electrons. The third kappa shape index (κ3) is 2.46. The van der Waals surface area contributed by atoms with Crippen LogP contribution < -0.4 is 0 Å². The fourth-order valence-corrected chi connectivity index (χ4v) is 2.35. The number of hydrogen-bond acceptors (Lipinski definition) is 5. The van der Waals surface area contributed by atoms with Crippen molar-refractivity contribution >= 4 is 17.6 Å². The van der Waals surface area contributed by atoms with E-state index in [2.05, 4.69) is 4.74 Å². The monoisotopic (exact) mass is 297 g/mol. The lowest BCUT2D eigenvalue weighted by molar-refractivity contribution is -0.570. The summed E-state index contributed by atoms with van der Waals surface area (Å²) in [6, 6.07) is 6.48. The van der Waals surface area contributed by atoms with Gasteiger partial charge in [-0.05, 0) is 24.6 Å². The second kappa shape index (κ2) is 5.50. The number of carbonyl (C=O) groups is 1. The Morgan fingerprint density at radius 2 is 2.00 bits per heavy atom. The Labute approximate surface area is 120 Å². The van der Waals surface area contributed by atoms with Gasteiger partial charge in [0.15, 0.2) is 0 Å². The minimum Gasteiger partial charge on any atom is -0.466 e. The van der Waals surface area contributed by atoms with Crippen molar-refractivity contribution in [1.29, 1.82) is 0 Å². The quantitative estimate of drug-likeness (QED) is 0.486. The van der Waals surface area contributed by atoms with Gasteiger partial charge in [0.2, 0.25) is 0 Å². The van der Waals surface area contributed by atoms with Gasteiger partial charge in [-0.1, -0.05) is 23.7 Å². The van der Waals surface area contributed by atoms with Crippen molar-refractivity contribution in [1.82, 2.24) is 0 Å². The van der Waals surface area contributed by atoms with Crippen LogP contribution in [0.15, 0.2) is 35.6 Å². The normalized spacial score (nSPS) is 21.6. The van der Waals surface area contributed by atoms with Crippen molar-refractivity contribution < 1.29 is 19.2 Å². The van der Waals surface area contributed by atoms with Crippen LogP contribution in [0.2, 0.25) is 5.02 Å². The van der Waals surface area contributed by atoms with Crippen LogP contribution in [-0.4, -0.2) is 24.2 Å². The summed E-state index contributed by atoms with van der Waals surface area (Å²) in [5.41, 5.74) is 0.741. The maximum Gasteiger partial charge on any atom is 0.364 e. The first-order valence-corrected chi connectivity index (χ1v) is 6.18. The highest BCUT2D eigenvalue weighted by molar-refractivity contribution is 6.30. The average molecular weight is 298 g/mol. The fraction of sp³-hybridized carbons (Fsp3) is 0.308. The summed E-state index contributed by atoms with van der Waals surface area (Å²) in [4.78, 5) is 22.4. The predicted molar refractivity (Wildman–Crippen MR) is 70.8 cm³/mol. The number of carbonyl (C=O) groups excluding carboxylic acids is 1. The summed E-state index contributed by atoms with van der Waals surface area (Å²) in [7, 11) is 1.22. The van der Waals surface area contributed by atoms with E-state index in [1.807, 2.05) is 0 Å². The number of methoxy groups -OCH3 is 1. The molecule has 0 saturated heterocycles. The Morgan fingerprint density at radius 3 is 2.50 bits per heavy atom. The van der Waals surface area contributed by atoms with E-state index in [-0.39, 0.29) is 11.3 Å². The molecule has 0 N–H and O–H groups in total. The largest absolute Gasteiger partial charge is 0.466 e. The van der Waals surface area contributed by atoms with Crippen LogP contribution in [0, 0.1) is 10.1 Å². The molecule has 106 valence electrons. The fourth-order valence-electron chi connectivity index (χ4n) is 2.22. The molecule has 7 heteroatoms. The molecule has 0 aliphatic carbocycles. The average Bonchev–Trinajstić information content (AvgIpc) is 2.76. The van der Waals surface area contributed by atoms with Gasteiger partial charge in [0.25, 0.3) is 0 Å². The van der Waals surface area contributed by atoms with E-state index in [1.165, 1.54) is 14.0 Å². The molecule has 0 fully saturated rings. The number of benzene rings is 1. The van der Waals surface area contributed by atoms with E-state index in [9.17, 15) is 14.9 Å². The van der Waals surface area contributed by atoms with Gasteiger partial charge in [0.1, 0.15) is 11.7 Å². The van der Waals surface area contributed by atoms with Crippen molar-refractivity contribution in [3.63, 3.8) is 0 Å². The van der Waals surface area contributed by atoms with Gasteiger partial charge < -0.3 is 9.47 Å². The number of esters is 1. The van der Waals surface area contributed by atoms with Crippen LogP contribution in [0.1, 0.15) is 18.4 Å². The SMILES string of the molecule is COC(=O)C1=C(C)O[C@@H]([N+](=O)[O-])[C@@H]1c1ccc(Cl)cc1. The van der Waals surface area contributed by atoms with E-state index >= 15 is 0 Å². The predicted octanol–water partition coefficient (Wildman–Crippen LogP) is 2.50. The lowest BCUT2D eigenvalue weighted by Crippen LogP contribution is -2.27. The highest BCUT2D eigenvalue weighted by Gasteiger charge is 2.47. The molecule has 0 bridgehead atoms. The van der Waals surface area contributed by atoms with Crippen LogP contribution >= 0.6 is 11.6 Å². The molecule has 1 aromatic rings. The number of allylic oxidation sites excluding steroid dienone is 1. The topological polar surface area (TPSA) is 78.7 Å². The van der Waals surface area contributed by atoms with Crippen molar-refractivity contribution in [2.45, 2.75) is 19.1 Å². The van der Waals surface area contributed by atoms with Crippen molar-refractivity contribution in [2.24, 2.45) is 0 Å². The van der Waals surface area contributed by atoms with Crippen molar-refractivity contribution in [3.8, 4) is 0 Å². The molecule has 2 atom stereocenters. The summed E-state index contributed by atoms with van der Waals surface area (Å²) in [6.07, 6.45) is -1.34. The standard InChI is InChI=1S/C13H12ClNO5/c1-7-10(13(16)19-2)11(12(20-7)15(17)18)8-3-5-9(14)6-4-8/h3-6,11-12H,1-2H3/t11-,12-/m1/s1. The maximum absolute atomic E-state index is 11.8. The Balaban J connectivity index is 2.49. The molecule has 0 unspecified atom stereocenters. The van der Waals surface area contributed by atoms with Crippen LogP contribution in [-0.2, 0) is 14.3 Å². The van der Waals surface area contributed by atoms with Crippen LogP contribution in [0.5, 0.6) is 0 Å². The van der Waals surface area contributed by atoms with Gasteiger partial charge in [0.05, 0.1) is 17.6 Å². The zero-order valence-electron chi connectivity index (χ0n) is 10.8. The zero-order valence-corrected chi connectivity index (χ0v) is 11.6. The van der Waals surface area contributed by atoms with Gasteiger partial charge in [-0.2, -0.15) is 0 Å².